The van der Waals surface area contributed by atoms with Gasteiger partial charge in [-0.25, -0.2) is 0 Å². The van der Waals surface area contributed by atoms with Gasteiger partial charge in [-0.3, -0.25) is 9.59 Å². The Hall–Kier alpha value is -3.79. The number of fused-ring (bicyclic) bond motifs is 3. The molecule has 1 fully saturated rings. The monoisotopic (exact) mass is 474 g/mol. The van der Waals surface area contributed by atoms with E-state index in [1.54, 1.807) is 18.2 Å². The first-order valence-electron chi connectivity index (χ1n) is 11.5. The summed E-state index contributed by atoms with van der Waals surface area (Å²) in [6.07, 6.45) is 3.74. The summed E-state index contributed by atoms with van der Waals surface area (Å²) in [6.45, 7) is 5.56. The maximum Gasteiger partial charge on any atom is 0.329 e. The summed E-state index contributed by atoms with van der Waals surface area (Å²) in [5.74, 6) is -0.621. The first kappa shape index (κ1) is 24.3. The number of rotatable bonds is 5. The smallest absolute Gasteiger partial charge is 0.329 e. The van der Waals surface area contributed by atoms with E-state index in [-0.39, 0.29) is 5.78 Å². The molecule has 0 spiro atoms. The number of nitrogens with zero attached hydrogens (tertiary/aromatic N) is 2. The van der Waals surface area contributed by atoms with Crippen LogP contribution < -0.4 is 14.4 Å². The number of ether oxygens (including phenoxy) is 3. The van der Waals surface area contributed by atoms with Gasteiger partial charge in [0.1, 0.15) is 0 Å². The van der Waals surface area contributed by atoms with Crippen LogP contribution in [0, 0.1) is 22.2 Å². The van der Waals surface area contributed by atoms with Crippen LogP contribution in [-0.4, -0.2) is 45.2 Å². The van der Waals surface area contributed by atoms with Crippen LogP contribution in [0.1, 0.15) is 37.8 Å². The average Bonchev–Trinajstić information content (AvgIpc) is 3.18. The van der Waals surface area contributed by atoms with Crippen LogP contribution in [0.3, 0.4) is 0 Å². The second kappa shape index (κ2) is 8.77. The maximum atomic E-state index is 14.1. The van der Waals surface area contributed by atoms with Crippen molar-refractivity contribution in [1.29, 1.82) is 5.26 Å². The lowest BCUT2D eigenvalue weighted by Gasteiger charge is -2.37. The molecule has 0 saturated carbocycles. The van der Waals surface area contributed by atoms with E-state index in [1.807, 2.05) is 62.1 Å². The van der Waals surface area contributed by atoms with E-state index >= 15 is 0 Å². The highest BCUT2D eigenvalue weighted by Crippen LogP contribution is 2.57. The van der Waals surface area contributed by atoms with E-state index in [0.29, 0.717) is 17.1 Å². The third-order valence-electron chi connectivity index (χ3n) is 7.03. The Labute approximate surface area is 205 Å². The molecule has 2 aromatic carbocycles. The van der Waals surface area contributed by atoms with E-state index < -0.39 is 34.8 Å². The molecule has 7 heteroatoms. The topological polar surface area (TPSA) is 88.9 Å². The lowest BCUT2D eigenvalue weighted by Crippen LogP contribution is -2.48. The molecule has 0 aromatic heterocycles. The number of Topliss-reactive ketones (excluding diaryl/α,β-unsaturated/α-hetero) is 1. The Morgan fingerprint density at radius 2 is 1.71 bits per heavy atom. The van der Waals surface area contributed by atoms with Gasteiger partial charge in [0.2, 0.25) is 0 Å². The number of carbonyl (C=O) groups is 2. The largest absolute Gasteiger partial charge is 0.493 e. The summed E-state index contributed by atoms with van der Waals surface area (Å²) in [5, 5.41) is 10.7. The fourth-order valence-electron chi connectivity index (χ4n) is 5.40. The molecule has 0 bridgehead atoms. The van der Waals surface area contributed by atoms with Gasteiger partial charge in [-0.15, -0.1) is 0 Å². The predicted molar refractivity (Wildman–Crippen MR) is 132 cm³/mol. The van der Waals surface area contributed by atoms with Crippen molar-refractivity contribution >= 4 is 23.5 Å². The quantitative estimate of drug-likeness (QED) is 0.595. The number of hydrogen-bond donors (Lipinski definition) is 0. The molecule has 2 heterocycles. The zero-order valence-electron chi connectivity index (χ0n) is 20.9. The highest BCUT2D eigenvalue weighted by molar-refractivity contribution is 5.99. The zero-order chi connectivity index (χ0) is 25.5. The Balaban J connectivity index is 2.07. The summed E-state index contributed by atoms with van der Waals surface area (Å²) in [4.78, 5) is 29.6. The molecule has 2 aliphatic rings. The van der Waals surface area contributed by atoms with Crippen LogP contribution >= 0.6 is 0 Å². The molecule has 0 aliphatic carbocycles. The SMILES string of the molecule is COC(=O)C1(C#N)C(c2ccc(OC)c(OC)c2)C(C(=O)C(C)(C)C)N2c3ccccc3C=CC21. The van der Waals surface area contributed by atoms with Crippen LogP contribution in [0.25, 0.3) is 6.08 Å². The summed E-state index contributed by atoms with van der Waals surface area (Å²) < 4.78 is 16.2. The standard InChI is InChI=1S/C28H30N2O5/c1-27(2,3)25(31)24-23(18-11-13-20(33-4)21(15-18)34-5)28(16-29,26(32)35-6)22-14-12-17-9-7-8-10-19(17)30(22)24/h7-15,22-24H,1-6H3. The van der Waals surface area contributed by atoms with Crippen LogP contribution in [0.5, 0.6) is 11.5 Å². The molecular weight excluding hydrogens is 444 g/mol. The van der Waals surface area contributed by atoms with E-state index in [0.717, 1.165) is 11.3 Å². The number of ketones is 1. The van der Waals surface area contributed by atoms with Gasteiger partial charge >= 0.3 is 5.97 Å². The number of para-hydroxylation sites is 1. The molecule has 4 atom stereocenters. The van der Waals surface area contributed by atoms with Crippen molar-refractivity contribution in [2.24, 2.45) is 10.8 Å². The number of carbonyl (C=O) groups excluding carboxylic acids is 2. The van der Waals surface area contributed by atoms with Crippen molar-refractivity contribution in [1.82, 2.24) is 0 Å². The third kappa shape index (κ3) is 3.56. The second-order valence-electron chi connectivity index (χ2n) is 9.89. The molecule has 2 aromatic rings. The van der Waals surface area contributed by atoms with Gasteiger partial charge in [0.25, 0.3) is 0 Å². The summed E-state index contributed by atoms with van der Waals surface area (Å²) in [6, 6.07) is 13.8. The zero-order valence-corrected chi connectivity index (χ0v) is 20.9. The Bertz CT molecular complexity index is 1240. The fourth-order valence-corrected chi connectivity index (χ4v) is 5.40. The van der Waals surface area contributed by atoms with Crippen molar-refractivity contribution in [3.8, 4) is 17.6 Å². The number of benzene rings is 2. The van der Waals surface area contributed by atoms with Gasteiger partial charge in [0.15, 0.2) is 22.7 Å². The Morgan fingerprint density at radius 3 is 2.31 bits per heavy atom. The second-order valence-corrected chi connectivity index (χ2v) is 9.89. The van der Waals surface area contributed by atoms with E-state index in [1.165, 1.54) is 21.3 Å². The molecule has 0 amide bonds. The minimum absolute atomic E-state index is 0.0755. The highest BCUT2D eigenvalue weighted by atomic mass is 16.5. The van der Waals surface area contributed by atoms with Gasteiger partial charge in [0, 0.05) is 17.0 Å². The predicted octanol–water partition coefficient (Wildman–Crippen LogP) is 4.37. The number of methoxy groups -OCH3 is 3. The number of anilines is 1. The molecule has 35 heavy (non-hydrogen) atoms. The first-order chi connectivity index (χ1) is 16.6. The van der Waals surface area contributed by atoms with Gasteiger partial charge in [-0.2, -0.15) is 5.26 Å². The average molecular weight is 475 g/mol. The van der Waals surface area contributed by atoms with Crippen LogP contribution in [-0.2, 0) is 14.3 Å². The minimum atomic E-state index is -1.68. The molecule has 1 saturated heterocycles. The van der Waals surface area contributed by atoms with Crippen molar-refractivity contribution in [2.75, 3.05) is 26.2 Å². The molecule has 4 unspecified atom stereocenters. The lowest BCUT2D eigenvalue weighted by atomic mass is 9.67. The molecular formula is C28H30N2O5. The molecule has 0 N–H and O–H groups in total. The van der Waals surface area contributed by atoms with E-state index in [9.17, 15) is 14.9 Å². The lowest BCUT2D eigenvalue weighted by molar-refractivity contribution is -0.150. The number of esters is 1. The van der Waals surface area contributed by atoms with Crippen LogP contribution in [0.4, 0.5) is 5.69 Å². The van der Waals surface area contributed by atoms with E-state index in [4.69, 9.17) is 14.2 Å². The Morgan fingerprint density at radius 1 is 1.03 bits per heavy atom. The fraction of sp³-hybridized carbons (Fsp3) is 0.393. The van der Waals surface area contributed by atoms with Gasteiger partial charge in [0.05, 0.1) is 39.5 Å². The third-order valence-corrected chi connectivity index (χ3v) is 7.03. The highest BCUT2D eigenvalue weighted by Gasteiger charge is 2.67. The van der Waals surface area contributed by atoms with Crippen LogP contribution in [0.2, 0.25) is 0 Å². The summed E-state index contributed by atoms with van der Waals surface area (Å²) in [7, 11) is 4.33. The van der Waals surface area contributed by atoms with Crippen molar-refractivity contribution < 1.29 is 23.8 Å². The number of hydrogen-bond acceptors (Lipinski definition) is 7. The molecule has 4 rings (SSSR count). The van der Waals surface area contributed by atoms with Crippen molar-refractivity contribution in [2.45, 2.75) is 38.8 Å². The van der Waals surface area contributed by atoms with Gasteiger partial charge in [-0.1, -0.05) is 57.2 Å². The molecule has 182 valence electrons. The molecule has 0 radical (unpaired) electrons. The van der Waals surface area contributed by atoms with E-state index in [2.05, 4.69) is 6.07 Å². The number of nitriles is 1. The molecule has 2 aliphatic heterocycles. The van der Waals surface area contributed by atoms with Crippen molar-refractivity contribution in [3.63, 3.8) is 0 Å². The maximum absolute atomic E-state index is 14.1. The van der Waals surface area contributed by atoms with Gasteiger partial charge in [-0.05, 0) is 29.3 Å². The first-order valence-corrected chi connectivity index (χ1v) is 11.5. The van der Waals surface area contributed by atoms with Gasteiger partial charge < -0.3 is 19.1 Å². The normalized spacial score (nSPS) is 24.7. The van der Waals surface area contributed by atoms with Crippen molar-refractivity contribution in [3.05, 3.63) is 59.7 Å². The molecule has 7 nitrogen and oxygen atoms in total. The minimum Gasteiger partial charge on any atom is -0.493 e. The Kier molecular flexibility index (Phi) is 6.10. The van der Waals surface area contributed by atoms with Crippen LogP contribution in [0.15, 0.2) is 48.5 Å². The summed E-state index contributed by atoms with van der Waals surface area (Å²) >= 11 is 0. The summed E-state index contributed by atoms with van der Waals surface area (Å²) in [5.41, 5.74) is -0.0714.